The molecule has 0 radical (unpaired) electrons. The van der Waals surface area contributed by atoms with E-state index >= 15 is 0 Å². The third-order valence-corrected chi connectivity index (χ3v) is 5.86. The number of methoxy groups -OCH3 is 1. The minimum absolute atomic E-state index is 0.000281. The van der Waals surface area contributed by atoms with Gasteiger partial charge in [0.05, 0.1) is 13.2 Å². The Bertz CT molecular complexity index is 1010. The van der Waals surface area contributed by atoms with E-state index in [9.17, 15) is 4.79 Å². The van der Waals surface area contributed by atoms with E-state index in [1.165, 1.54) is 0 Å². The van der Waals surface area contributed by atoms with Gasteiger partial charge in [0.25, 0.3) is 0 Å². The summed E-state index contributed by atoms with van der Waals surface area (Å²) >= 11 is 11.8. The molecule has 0 amide bonds. The Balaban J connectivity index is 1.97. The van der Waals surface area contributed by atoms with Gasteiger partial charge in [-0.1, -0.05) is 35.9 Å². The fourth-order valence-corrected chi connectivity index (χ4v) is 4.20. The molecule has 2 aromatic carbocycles. The molecule has 1 aliphatic heterocycles. The van der Waals surface area contributed by atoms with Crippen LogP contribution in [0, 0.1) is 0 Å². The lowest BCUT2D eigenvalue weighted by Crippen LogP contribution is -2.47. The van der Waals surface area contributed by atoms with Crippen LogP contribution in [0.1, 0.15) is 37.9 Å². The largest absolute Gasteiger partial charge is 0.493 e. The molecule has 3 rings (SSSR count). The average Bonchev–Trinajstić information content (AvgIpc) is 2.72. The van der Waals surface area contributed by atoms with Crippen molar-refractivity contribution in [2.45, 2.75) is 33.4 Å². The standard InChI is InChI=1S/C23H25ClN2O3S/c1-5-26-14(2)21(15(3)27)22(25-23(26)30)16-10-11-19(28-4)20(12-16)29-13-17-8-6-7-9-18(17)24/h6-12,22H,5,13H2,1-4H3,(H,25,30). The van der Waals surface area contributed by atoms with E-state index in [0.29, 0.717) is 40.4 Å². The summed E-state index contributed by atoms with van der Waals surface area (Å²) in [6.45, 7) is 6.50. The van der Waals surface area contributed by atoms with Crippen molar-refractivity contribution in [1.29, 1.82) is 0 Å². The number of carbonyl (C=O) groups is 1. The van der Waals surface area contributed by atoms with Crippen molar-refractivity contribution in [1.82, 2.24) is 10.2 Å². The van der Waals surface area contributed by atoms with Crippen LogP contribution in [0.2, 0.25) is 5.02 Å². The number of allylic oxidation sites excluding steroid dienone is 1. The third-order valence-electron chi connectivity index (χ3n) is 5.15. The number of nitrogens with zero attached hydrogens (tertiary/aromatic N) is 1. The Hall–Kier alpha value is -2.57. The van der Waals surface area contributed by atoms with Gasteiger partial charge in [-0.25, -0.2) is 0 Å². The highest BCUT2D eigenvalue weighted by molar-refractivity contribution is 7.80. The molecule has 158 valence electrons. The van der Waals surface area contributed by atoms with Gasteiger partial charge in [0.1, 0.15) is 6.61 Å². The Labute approximate surface area is 187 Å². The maximum Gasteiger partial charge on any atom is 0.173 e. The third kappa shape index (κ3) is 4.45. The van der Waals surface area contributed by atoms with Gasteiger partial charge in [-0.2, -0.15) is 0 Å². The van der Waals surface area contributed by atoms with Crippen molar-refractivity contribution < 1.29 is 14.3 Å². The number of Topliss-reactive ketones (excluding diaryl/α,β-unsaturated/α-hetero) is 1. The van der Waals surface area contributed by atoms with Crippen LogP contribution in [0.5, 0.6) is 11.5 Å². The minimum Gasteiger partial charge on any atom is -0.493 e. The van der Waals surface area contributed by atoms with Crippen molar-refractivity contribution in [3.05, 3.63) is 69.9 Å². The molecule has 0 saturated carbocycles. The number of nitrogens with one attached hydrogen (secondary N) is 1. The molecule has 0 fully saturated rings. The van der Waals surface area contributed by atoms with Crippen LogP contribution in [-0.2, 0) is 11.4 Å². The van der Waals surface area contributed by atoms with Gasteiger partial charge < -0.3 is 19.7 Å². The summed E-state index contributed by atoms with van der Waals surface area (Å²) in [4.78, 5) is 14.4. The average molecular weight is 445 g/mol. The molecule has 30 heavy (non-hydrogen) atoms. The van der Waals surface area contributed by atoms with Crippen LogP contribution in [0.15, 0.2) is 53.7 Å². The van der Waals surface area contributed by atoms with Gasteiger partial charge in [-0.15, -0.1) is 0 Å². The number of ketones is 1. The maximum absolute atomic E-state index is 12.5. The van der Waals surface area contributed by atoms with Gasteiger partial charge in [-0.05, 0) is 56.8 Å². The smallest absolute Gasteiger partial charge is 0.173 e. The molecule has 0 spiro atoms. The summed E-state index contributed by atoms with van der Waals surface area (Å²) in [5.41, 5.74) is 3.30. The van der Waals surface area contributed by atoms with Crippen molar-refractivity contribution in [2.24, 2.45) is 0 Å². The van der Waals surface area contributed by atoms with Crippen molar-refractivity contribution in [3.63, 3.8) is 0 Å². The second-order valence-corrected chi connectivity index (χ2v) is 7.77. The number of hydrogen-bond donors (Lipinski definition) is 1. The zero-order valence-corrected chi connectivity index (χ0v) is 19.1. The lowest BCUT2D eigenvalue weighted by Gasteiger charge is -2.37. The van der Waals surface area contributed by atoms with Gasteiger partial charge in [-0.3, -0.25) is 4.79 Å². The fraction of sp³-hybridized carbons (Fsp3) is 0.304. The topological polar surface area (TPSA) is 50.8 Å². The summed E-state index contributed by atoms with van der Waals surface area (Å²) in [7, 11) is 1.59. The summed E-state index contributed by atoms with van der Waals surface area (Å²) < 4.78 is 11.5. The van der Waals surface area contributed by atoms with Gasteiger partial charge in [0, 0.05) is 28.4 Å². The molecule has 1 N–H and O–H groups in total. The van der Waals surface area contributed by atoms with E-state index < -0.39 is 0 Å². The first-order chi connectivity index (χ1) is 14.4. The van der Waals surface area contributed by atoms with E-state index in [4.69, 9.17) is 33.3 Å². The molecule has 0 aliphatic carbocycles. The molecule has 2 aromatic rings. The number of ether oxygens (including phenoxy) is 2. The first-order valence-corrected chi connectivity index (χ1v) is 10.5. The van der Waals surface area contributed by atoms with Crippen LogP contribution >= 0.6 is 23.8 Å². The van der Waals surface area contributed by atoms with Crippen LogP contribution in [-0.4, -0.2) is 29.5 Å². The Morgan fingerprint density at radius 2 is 1.97 bits per heavy atom. The number of carbonyl (C=O) groups excluding carboxylic acids is 1. The Morgan fingerprint density at radius 1 is 1.23 bits per heavy atom. The van der Waals surface area contributed by atoms with Crippen LogP contribution < -0.4 is 14.8 Å². The van der Waals surface area contributed by atoms with E-state index in [0.717, 1.165) is 16.8 Å². The van der Waals surface area contributed by atoms with Gasteiger partial charge in [0.15, 0.2) is 22.4 Å². The Kier molecular flexibility index (Phi) is 7.00. The molecule has 0 aromatic heterocycles. The molecule has 1 atom stereocenters. The predicted octanol–water partition coefficient (Wildman–Crippen LogP) is 5.04. The highest BCUT2D eigenvalue weighted by atomic mass is 35.5. The number of hydrogen-bond acceptors (Lipinski definition) is 4. The maximum atomic E-state index is 12.5. The van der Waals surface area contributed by atoms with Crippen molar-refractivity contribution >= 4 is 34.7 Å². The molecule has 1 heterocycles. The second kappa shape index (κ2) is 9.49. The zero-order chi connectivity index (χ0) is 21.8. The second-order valence-electron chi connectivity index (χ2n) is 6.97. The molecule has 7 heteroatoms. The van der Waals surface area contributed by atoms with Gasteiger partial charge in [0.2, 0.25) is 0 Å². The van der Waals surface area contributed by atoms with Crippen LogP contribution in [0.4, 0.5) is 0 Å². The molecule has 0 saturated heterocycles. The quantitative estimate of drug-likeness (QED) is 0.603. The highest BCUT2D eigenvalue weighted by Crippen LogP contribution is 2.36. The molecule has 5 nitrogen and oxygen atoms in total. The van der Waals surface area contributed by atoms with Crippen LogP contribution in [0.25, 0.3) is 0 Å². The molecular weight excluding hydrogens is 420 g/mol. The van der Waals surface area contributed by atoms with Crippen LogP contribution in [0.3, 0.4) is 0 Å². The molecule has 0 bridgehead atoms. The molecular formula is C23H25ClN2O3S. The van der Waals surface area contributed by atoms with Gasteiger partial charge >= 0.3 is 0 Å². The lowest BCUT2D eigenvalue weighted by atomic mass is 9.92. The first-order valence-electron chi connectivity index (χ1n) is 9.71. The zero-order valence-electron chi connectivity index (χ0n) is 17.5. The summed E-state index contributed by atoms with van der Waals surface area (Å²) in [5, 5.41) is 4.54. The minimum atomic E-state index is -0.355. The summed E-state index contributed by atoms with van der Waals surface area (Å²) in [6.07, 6.45) is 0. The number of benzene rings is 2. The van der Waals surface area contributed by atoms with E-state index in [2.05, 4.69) is 5.32 Å². The van der Waals surface area contributed by atoms with Crippen molar-refractivity contribution in [2.75, 3.05) is 13.7 Å². The molecule has 1 unspecified atom stereocenters. The first kappa shape index (κ1) is 22.1. The predicted molar refractivity (Wildman–Crippen MR) is 123 cm³/mol. The highest BCUT2D eigenvalue weighted by Gasteiger charge is 2.32. The lowest BCUT2D eigenvalue weighted by molar-refractivity contribution is -0.114. The fourth-order valence-electron chi connectivity index (χ4n) is 3.63. The SMILES string of the molecule is CCN1C(=S)NC(c2ccc(OC)c(OCc3ccccc3Cl)c2)C(C(C)=O)=C1C. The molecule has 1 aliphatic rings. The van der Waals surface area contributed by atoms with E-state index in [1.807, 2.05) is 61.2 Å². The number of thiocarbonyl (C=S) groups is 1. The van der Waals surface area contributed by atoms with E-state index in [-0.39, 0.29) is 11.8 Å². The Morgan fingerprint density at radius 3 is 2.60 bits per heavy atom. The van der Waals surface area contributed by atoms with E-state index in [1.54, 1.807) is 14.0 Å². The summed E-state index contributed by atoms with van der Waals surface area (Å²) in [5.74, 6) is 1.17. The number of rotatable bonds is 7. The summed E-state index contributed by atoms with van der Waals surface area (Å²) in [6, 6.07) is 12.8. The number of halogens is 1. The normalized spacial score (nSPS) is 16.4. The van der Waals surface area contributed by atoms with Crippen molar-refractivity contribution in [3.8, 4) is 11.5 Å². The monoisotopic (exact) mass is 444 g/mol.